The summed E-state index contributed by atoms with van der Waals surface area (Å²) in [5.41, 5.74) is 13.8. The van der Waals surface area contributed by atoms with Crippen LogP contribution < -0.4 is 4.90 Å². The molecule has 0 radical (unpaired) electrons. The fourth-order valence-corrected chi connectivity index (χ4v) is 9.95. The van der Waals surface area contributed by atoms with Gasteiger partial charge in [-0.25, -0.2) is 0 Å². The Morgan fingerprint density at radius 1 is 0.453 bits per heavy atom. The van der Waals surface area contributed by atoms with Crippen LogP contribution >= 0.6 is 11.3 Å². The van der Waals surface area contributed by atoms with Crippen molar-refractivity contribution in [2.45, 2.75) is 12.3 Å². The zero-order chi connectivity index (χ0) is 35.1. The maximum atomic E-state index is 6.66. The Hall–Kier alpha value is -6.42. The van der Waals surface area contributed by atoms with Crippen LogP contribution in [0.4, 0.5) is 17.1 Å². The fourth-order valence-electron chi connectivity index (χ4n) is 8.81. The van der Waals surface area contributed by atoms with Crippen molar-refractivity contribution in [3.05, 3.63) is 199 Å². The van der Waals surface area contributed by atoms with E-state index in [2.05, 4.69) is 194 Å². The van der Waals surface area contributed by atoms with E-state index in [0.717, 1.165) is 44.6 Å². The second-order valence-corrected chi connectivity index (χ2v) is 15.3. The molecule has 8 aromatic carbocycles. The minimum absolute atomic E-state index is 0.273. The normalized spacial score (nSPS) is 13.2. The smallest absolute Gasteiger partial charge is 0.136 e. The summed E-state index contributed by atoms with van der Waals surface area (Å²) in [6.45, 7) is 2.35. The number of thiophene rings is 1. The maximum absolute atomic E-state index is 6.66. The van der Waals surface area contributed by atoms with Crippen molar-refractivity contribution in [2.24, 2.45) is 0 Å². The van der Waals surface area contributed by atoms with Crippen LogP contribution in [0.5, 0.6) is 0 Å². The predicted molar refractivity (Wildman–Crippen MR) is 224 cm³/mol. The maximum Gasteiger partial charge on any atom is 0.136 e. The minimum atomic E-state index is -0.273. The van der Waals surface area contributed by atoms with Crippen molar-refractivity contribution >= 4 is 70.5 Å². The highest BCUT2D eigenvalue weighted by Gasteiger charge is 2.40. The Bertz CT molecular complexity index is 2980. The lowest BCUT2D eigenvalue weighted by Gasteiger charge is -2.28. The topological polar surface area (TPSA) is 16.4 Å². The zero-order valence-electron chi connectivity index (χ0n) is 29.1. The van der Waals surface area contributed by atoms with E-state index in [0.29, 0.717) is 0 Å². The van der Waals surface area contributed by atoms with Crippen molar-refractivity contribution in [2.75, 3.05) is 4.90 Å². The lowest BCUT2D eigenvalue weighted by Crippen LogP contribution is -2.22. The molecule has 250 valence electrons. The van der Waals surface area contributed by atoms with Crippen LogP contribution in [0.2, 0.25) is 0 Å². The summed E-state index contributed by atoms with van der Waals surface area (Å²) in [5.74, 6) is 0. The van der Waals surface area contributed by atoms with E-state index < -0.39 is 0 Å². The van der Waals surface area contributed by atoms with Crippen LogP contribution in [0.3, 0.4) is 0 Å². The largest absolute Gasteiger partial charge is 0.456 e. The standard InChI is InChI=1S/C50H33NOS/c1-50(43-18-8-5-14-38(43)39-15-6-9-19-44(39)50)33-24-28-42-46(30-33)52-45-20-11-17-37(49(42)45)32-22-25-35(26-23-32)51(34-12-3-2-4-13-34)36-27-29-41-40-16-7-10-21-47(40)53-48(41)31-36/h2-31H,1H3. The van der Waals surface area contributed by atoms with Crippen LogP contribution in [0, 0.1) is 0 Å². The quantitative estimate of drug-likeness (QED) is 0.178. The molecular formula is C50H33NOS. The number of furan rings is 1. The van der Waals surface area contributed by atoms with Gasteiger partial charge >= 0.3 is 0 Å². The van der Waals surface area contributed by atoms with Crippen molar-refractivity contribution in [1.29, 1.82) is 0 Å². The number of hydrogen-bond acceptors (Lipinski definition) is 3. The molecule has 0 saturated carbocycles. The second kappa shape index (κ2) is 11.5. The number of rotatable bonds is 5. The van der Waals surface area contributed by atoms with Gasteiger partial charge in [0, 0.05) is 53.4 Å². The molecule has 0 spiro atoms. The Morgan fingerprint density at radius 3 is 1.87 bits per heavy atom. The van der Waals surface area contributed by atoms with Crippen molar-refractivity contribution in [3.8, 4) is 22.3 Å². The zero-order valence-corrected chi connectivity index (χ0v) is 29.9. The third-order valence-electron chi connectivity index (χ3n) is 11.4. The molecule has 0 aliphatic heterocycles. The molecule has 53 heavy (non-hydrogen) atoms. The molecule has 0 atom stereocenters. The van der Waals surface area contributed by atoms with Crippen molar-refractivity contribution in [3.63, 3.8) is 0 Å². The molecule has 0 unspecified atom stereocenters. The van der Waals surface area contributed by atoms with E-state index in [9.17, 15) is 0 Å². The Labute approximate surface area is 311 Å². The average molecular weight is 696 g/mol. The molecule has 1 aliphatic carbocycles. The van der Waals surface area contributed by atoms with Crippen LogP contribution in [-0.2, 0) is 5.41 Å². The number of hydrogen-bond donors (Lipinski definition) is 0. The molecular weight excluding hydrogens is 663 g/mol. The van der Waals surface area contributed by atoms with E-state index in [-0.39, 0.29) is 5.41 Å². The van der Waals surface area contributed by atoms with Gasteiger partial charge < -0.3 is 9.32 Å². The number of anilines is 3. The van der Waals surface area contributed by atoms with Gasteiger partial charge in [-0.05, 0) is 100 Å². The van der Waals surface area contributed by atoms with Gasteiger partial charge in [0.05, 0.1) is 0 Å². The molecule has 11 rings (SSSR count). The van der Waals surface area contributed by atoms with Gasteiger partial charge in [0.15, 0.2) is 0 Å². The van der Waals surface area contributed by atoms with Crippen LogP contribution in [0.15, 0.2) is 186 Å². The molecule has 2 nitrogen and oxygen atoms in total. The van der Waals surface area contributed by atoms with E-state index in [4.69, 9.17) is 4.42 Å². The molecule has 0 amide bonds. The summed E-state index contributed by atoms with van der Waals surface area (Å²) < 4.78 is 9.27. The summed E-state index contributed by atoms with van der Waals surface area (Å²) in [7, 11) is 0. The summed E-state index contributed by atoms with van der Waals surface area (Å²) in [4.78, 5) is 2.35. The molecule has 3 heteroatoms. The highest BCUT2D eigenvalue weighted by Crippen LogP contribution is 2.53. The van der Waals surface area contributed by atoms with E-state index in [1.54, 1.807) is 0 Å². The molecule has 0 bridgehead atoms. The molecule has 2 heterocycles. The first-order valence-corrected chi connectivity index (χ1v) is 19.0. The van der Waals surface area contributed by atoms with Crippen molar-refractivity contribution in [1.82, 2.24) is 0 Å². The average Bonchev–Trinajstić information content (AvgIpc) is 3.87. The summed E-state index contributed by atoms with van der Waals surface area (Å²) >= 11 is 1.85. The SMILES string of the molecule is CC1(c2ccc3c(c2)oc2cccc(-c4ccc(N(c5ccccc5)c5ccc6c(c5)sc5ccccc56)cc4)c23)c2ccccc2-c2ccccc21. The predicted octanol–water partition coefficient (Wildman–Crippen LogP) is 14.4. The summed E-state index contributed by atoms with van der Waals surface area (Å²) in [5, 5.41) is 4.90. The van der Waals surface area contributed by atoms with E-state index in [1.807, 2.05) is 11.3 Å². The van der Waals surface area contributed by atoms with Crippen LogP contribution in [0.1, 0.15) is 23.6 Å². The van der Waals surface area contributed by atoms with E-state index in [1.165, 1.54) is 53.6 Å². The van der Waals surface area contributed by atoms with Gasteiger partial charge in [0.25, 0.3) is 0 Å². The summed E-state index contributed by atoms with van der Waals surface area (Å²) in [6, 6.07) is 66.1. The third kappa shape index (κ3) is 4.51. The number of benzene rings is 8. The number of para-hydroxylation sites is 1. The first-order chi connectivity index (χ1) is 26.1. The number of nitrogens with zero attached hydrogens (tertiary/aromatic N) is 1. The number of fused-ring (bicyclic) bond motifs is 9. The molecule has 10 aromatic rings. The molecule has 0 fully saturated rings. The highest BCUT2D eigenvalue weighted by atomic mass is 32.1. The van der Waals surface area contributed by atoms with Crippen molar-refractivity contribution < 1.29 is 4.42 Å². The third-order valence-corrected chi connectivity index (χ3v) is 12.5. The van der Waals surface area contributed by atoms with Crippen LogP contribution in [-0.4, -0.2) is 0 Å². The van der Waals surface area contributed by atoms with Gasteiger partial charge in [-0.1, -0.05) is 127 Å². The first-order valence-electron chi connectivity index (χ1n) is 18.2. The highest BCUT2D eigenvalue weighted by molar-refractivity contribution is 7.25. The van der Waals surface area contributed by atoms with Gasteiger partial charge in [-0.15, -0.1) is 11.3 Å². The molecule has 0 N–H and O–H groups in total. The van der Waals surface area contributed by atoms with Crippen LogP contribution in [0.25, 0.3) is 64.4 Å². The second-order valence-electron chi connectivity index (χ2n) is 14.2. The minimum Gasteiger partial charge on any atom is -0.456 e. The van der Waals surface area contributed by atoms with Gasteiger partial charge in [0.1, 0.15) is 11.2 Å². The molecule has 1 aliphatic rings. The summed E-state index contributed by atoms with van der Waals surface area (Å²) in [6.07, 6.45) is 0. The monoisotopic (exact) mass is 695 g/mol. The lowest BCUT2D eigenvalue weighted by molar-refractivity contribution is 0.662. The molecule has 0 saturated heterocycles. The van der Waals surface area contributed by atoms with Gasteiger partial charge in [0.2, 0.25) is 0 Å². The Morgan fingerprint density at radius 2 is 1.08 bits per heavy atom. The fraction of sp³-hybridized carbons (Fsp3) is 0.0400. The Kier molecular flexibility index (Phi) is 6.58. The van der Waals surface area contributed by atoms with Gasteiger partial charge in [-0.2, -0.15) is 0 Å². The van der Waals surface area contributed by atoms with Gasteiger partial charge in [-0.3, -0.25) is 0 Å². The molecule has 2 aromatic heterocycles. The lowest BCUT2D eigenvalue weighted by atomic mass is 9.74. The first kappa shape index (κ1) is 30.2. The Balaban J connectivity index is 1.00. The van der Waals surface area contributed by atoms with E-state index >= 15 is 0 Å².